The normalized spacial score (nSPS) is 11.6. The molecule has 0 fully saturated rings. The lowest BCUT2D eigenvalue weighted by atomic mass is 10.1. The fraction of sp³-hybridized carbons (Fsp3) is 0.0800. The minimum absolute atomic E-state index is 0.296. The zero-order valence-corrected chi connectivity index (χ0v) is 18.8. The highest BCUT2D eigenvalue weighted by Crippen LogP contribution is 2.29. The van der Waals surface area contributed by atoms with Crippen LogP contribution in [0.4, 0.5) is 0 Å². The predicted octanol–water partition coefficient (Wildman–Crippen LogP) is 4.97. The SMILES string of the molecule is Cc1nnc(-c2cn(-c3ccc(-c4cccc(S(C)(=O)=O)c4)cc3)c(-c3ccccc3)n2)o1. The molecular weight excluding hydrogens is 436 g/mol. The average Bonchev–Trinajstić information content (AvgIpc) is 3.46. The first-order valence-electron chi connectivity index (χ1n) is 10.2. The summed E-state index contributed by atoms with van der Waals surface area (Å²) in [7, 11) is -3.27. The monoisotopic (exact) mass is 456 g/mol. The molecule has 0 aliphatic heterocycles. The third kappa shape index (κ3) is 4.20. The molecule has 0 amide bonds. The van der Waals surface area contributed by atoms with Gasteiger partial charge in [-0.25, -0.2) is 13.4 Å². The Balaban J connectivity index is 1.57. The number of hydrogen-bond donors (Lipinski definition) is 0. The van der Waals surface area contributed by atoms with Gasteiger partial charge in [-0.3, -0.25) is 4.57 Å². The molecule has 0 aliphatic carbocycles. The van der Waals surface area contributed by atoms with E-state index in [-0.39, 0.29) is 0 Å². The molecule has 0 saturated heterocycles. The van der Waals surface area contributed by atoms with E-state index in [0.29, 0.717) is 22.4 Å². The van der Waals surface area contributed by atoms with Gasteiger partial charge in [0.05, 0.1) is 4.90 Å². The van der Waals surface area contributed by atoms with Crippen molar-refractivity contribution in [2.45, 2.75) is 11.8 Å². The van der Waals surface area contributed by atoms with Crippen molar-refractivity contribution in [3.63, 3.8) is 0 Å². The van der Waals surface area contributed by atoms with Gasteiger partial charge in [-0.15, -0.1) is 10.2 Å². The van der Waals surface area contributed by atoms with Crippen molar-refractivity contribution in [1.29, 1.82) is 0 Å². The molecule has 0 N–H and O–H groups in total. The lowest BCUT2D eigenvalue weighted by molar-refractivity contribution is 0.531. The molecule has 0 unspecified atom stereocenters. The zero-order valence-electron chi connectivity index (χ0n) is 18.0. The molecule has 33 heavy (non-hydrogen) atoms. The fourth-order valence-corrected chi connectivity index (χ4v) is 4.26. The summed E-state index contributed by atoms with van der Waals surface area (Å²) in [6.45, 7) is 1.74. The van der Waals surface area contributed by atoms with E-state index in [1.165, 1.54) is 6.26 Å². The highest BCUT2D eigenvalue weighted by molar-refractivity contribution is 7.90. The zero-order chi connectivity index (χ0) is 23.0. The minimum Gasteiger partial charge on any atom is -0.420 e. The van der Waals surface area contributed by atoms with Crippen LogP contribution < -0.4 is 0 Å². The van der Waals surface area contributed by atoms with Crippen LogP contribution in [0.2, 0.25) is 0 Å². The van der Waals surface area contributed by atoms with E-state index < -0.39 is 9.84 Å². The highest BCUT2D eigenvalue weighted by Gasteiger charge is 2.17. The van der Waals surface area contributed by atoms with Gasteiger partial charge in [0.1, 0.15) is 11.5 Å². The van der Waals surface area contributed by atoms with Crippen LogP contribution in [0.5, 0.6) is 0 Å². The first-order chi connectivity index (χ1) is 15.9. The number of imidazole rings is 1. The smallest absolute Gasteiger partial charge is 0.267 e. The first-order valence-corrected chi connectivity index (χ1v) is 12.1. The predicted molar refractivity (Wildman–Crippen MR) is 126 cm³/mol. The van der Waals surface area contributed by atoms with Crippen LogP contribution in [0.3, 0.4) is 0 Å². The molecule has 3 aromatic carbocycles. The first kappa shape index (κ1) is 20.8. The van der Waals surface area contributed by atoms with Crippen LogP contribution in [0.1, 0.15) is 5.89 Å². The number of nitrogens with zero attached hydrogens (tertiary/aromatic N) is 4. The van der Waals surface area contributed by atoms with E-state index >= 15 is 0 Å². The Bertz CT molecular complexity index is 1540. The van der Waals surface area contributed by atoms with Crippen LogP contribution >= 0.6 is 0 Å². The third-order valence-corrected chi connectivity index (χ3v) is 6.33. The molecule has 0 spiro atoms. The molecule has 2 aromatic heterocycles. The van der Waals surface area contributed by atoms with Crippen molar-refractivity contribution in [2.24, 2.45) is 0 Å². The maximum atomic E-state index is 11.9. The molecule has 0 radical (unpaired) electrons. The average molecular weight is 457 g/mol. The number of sulfone groups is 1. The lowest BCUT2D eigenvalue weighted by Gasteiger charge is -2.10. The van der Waals surface area contributed by atoms with Gasteiger partial charge in [0.2, 0.25) is 5.89 Å². The van der Waals surface area contributed by atoms with Crippen LogP contribution in [-0.2, 0) is 9.84 Å². The summed E-state index contributed by atoms with van der Waals surface area (Å²) in [5, 5.41) is 8.01. The summed E-state index contributed by atoms with van der Waals surface area (Å²) in [6.07, 6.45) is 3.08. The van der Waals surface area contributed by atoms with Crippen LogP contribution in [0.25, 0.3) is 39.8 Å². The molecule has 0 atom stereocenters. The second-order valence-electron chi connectivity index (χ2n) is 7.66. The Morgan fingerprint density at radius 1 is 0.818 bits per heavy atom. The summed E-state index contributed by atoms with van der Waals surface area (Å²) >= 11 is 0. The van der Waals surface area contributed by atoms with Gasteiger partial charge in [0, 0.05) is 30.6 Å². The standard InChI is InChI=1S/C25H20N4O3S/c1-17-27-28-25(32-17)23-16-29(24(26-23)19-7-4-3-5-8-19)21-13-11-18(12-14-21)20-9-6-10-22(15-20)33(2,30)31/h3-16H,1-2H3. The largest absolute Gasteiger partial charge is 0.420 e. The topological polar surface area (TPSA) is 90.9 Å². The maximum Gasteiger partial charge on any atom is 0.267 e. The van der Waals surface area contributed by atoms with Gasteiger partial charge in [0.25, 0.3) is 5.89 Å². The van der Waals surface area contributed by atoms with Gasteiger partial charge >= 0.3 is 0 Å². The van der Waals surface area contributed by atoms with Crippen molar-refractivity contribution >= 4 is 9.84 Å². The fourth-order valence-electron chi connectivity index (χ4n) is 3.59. The van der Waals surface area contributed by atoms with E-state index in [1.54, 1.807) is 25.1 Å². The molecule has 164 valence electrons. The Hall–Kier alpha value is -4.04. The van der Waals surface area contributed by atoms with Gasteiger partial charge in [0.15, 0.2) is 9.84 Å². The number of aryl methyl sites for hydroxylation is 1. The Kier molecular flexibility index (Phi) is 5.14. The van der Waals surface area contributed by atoms with Crippen molar-refractivity contribution in [1.82, 2.24) is 19.7 Å². The van der Waals surface area contributed by atoms with Crippen LogP contribution in [0.15, 0.2) is 94.4 Å². The van der Waals surface area contributed by atoms with Gasteiger partial charge in [-0.2, -0.15) is 0 Å². The van der Waals surface area contributed by atoms with Crippen molar-refractivity contribution in [3.05, 3.63) is 91.0 Å². The molecule has 2 heterocycles. The second-order valence-corrected chi connectivity index (χ2v) is 9.67. The molecule has 7 nitrogen and oxygen atoms in total. The maximum absolute atomic E-state index is 11.9. The summed E-state index contributed by atoms with van der Waals surface area (Å²) in [5.41, 5.74) is 4.18. The molecule has 0 saturated carbocycles. The molecule has 8 heteroatoms. The Labute approximate surface area is 191 Å². The molecule has 0 aliphatic rings. The number of hydrogen-bond acceptors (Lipinski definition) is 6. The number of benzene rings is 3. The highest BCUT2D eigenvalue weighted by atomic mass is 32.2. The van der Waals surface area contributed by atoms with Crippen LogP contribution in [-0.4, -0.2) is 34.4 Å². The summed E-state index contributed by atoms with van der Waals surface area (Å²) < 4.78 is 31.4. The lowest BCUT2D eigenvalue weighted by Crippen LogP contribution is -1.97. The van der Waals surface area contributed by atoms with Crippen molar-refractivity contribution < 1.29 is 12.8 Å². The molecule has 5 aromatic rings. The van der Waals surface area contributed by atoms with Crippen molar-refractivity contribution in [2.75, 3.05) is 6.26 Å². The minimum atomic E-state index is -3.27. The molecular formula is C25H20N4O3S. The quantitative estimate of drug-likeness (QED) is 0.371. The molecule has 5 rings (SSSR count). The van der Waals surface area contributed by atoms with Crippen LogP contribution in [0, 0.1) is 6.92 Å². The van der Waals surface area contributed by atoms with E-state index in [4.69, 9.17) is 9.40 Å². The summed E-state index contributed by atoms with van der Waals surface area (Å²) in [5.74, 6) is 1.58. The summed E-state index contributed by atoms with van der Waals surface area (Å²) in [4.78, 5) is 5.06. The van der Waals surface area contributed by atoms with E-state index in [0.717, 1.165) is 28.2 Å². The number of rotatable bonds is 5. The molecule has 0 bridgehead atoms. The number of aromatic nitrogens is 4. The van der Waals surface area contributed by atoms with Gasteiger partial charge in [-0.05, 0) is 35.4 Å². The second kappa shape index (κ2) is 8.14. The van der Waals surface area contributed by atoms with E-state index in [1.807, 2.05) is 71.4 Å². The van der Waals surface area contributed by atoms with Crippen molar-refractivity contribution in [3.8, 4) is 39.8 Å². The Morgan fingerprint density at radius 3 is 2.21 bits per heavy atom. The summed E-state index contributed by atoms with van der Waals surface area (Å²) in [6, 6.07) is 24.7. The Morgan fingerprint density at radius 2 is 1.55 bits per heavy atom. The van der Waals surface area contributed by atoms with Gasteiger partial charge < -0.3 is 4.42 Å². The third-order valence-electron chi connectivity index (χ3n) is 5.22. The van der Waals surface area contributed by atoms with E-state index in [2.05, 4.69) is 10.2 Å². The van der Waals surface area contributed by atoms with E-state index in [9.17, 15) is 8.42 Å². The van der Waals surface area contributed by atoms with Gasteiger partial charge in [-0.1, -0.05) is 54.6 Å².